The van der Waals surface area contributed by atoms with Crippen molar-refractivity contribution in [2.24, 2.45) is 0 Å². The van der Waals surface area contributed by atoms with Crippen LogP contribution in [0.15, 0.2) is 36.9 Å². The van der Waals surface area contributed by atoms with E-state index < -0.39 is 17.8 Å². The molecule has 19 heavy (non-hydrogen) atoms. The van der Waals surface area contributed by atoms with Crippen LogP contribution in [0.25, 0.3) is 0 Å². The summed E-state index contributed by atoms with van der Waals surface area (Å²) in [5, 5.41) is 4.75. The third kappa shape index (κ3) is 4.27. The Labute approximate surface area is 110 Å². The molecule has 2 N–H and O–H groups in total. The summed E-state index contributed by atoms with van der Waals surface area (Å²) in [6.07, 6.45) is 1.47. The van der Waals surface area contributed by atoms with E-state index in [1.807, 2.05) is 0 Å². The van der Waals surface area contributed by atoms with E-state index in [4.69, 9.17) is 0 Å². The number of methoxy groups -OCH3 is 1. The number of carbonyl (C=O) groups excluding carboxylic acids is 3. The molecule has 6 heteroatoms. The molecule has 1 rings (SSSR count). The van der Waals surface area contributed by atoms with E-state index in [2.05, 4.69) is 21.9 Å². The average Bonchev–Trinajstić information content (AvgIpc) is 2.44. The molecule has 2 amide bonds. The minimum absolute atomic E-state index is 0.216. The molecule has 0 aliphatic heterocycles. The lowest BCUT2D eigenvalue weighted by Crippen LogP contribution is -2.35. The maximum absolute atomic E-state index is 11.4. The Morgan fingerprint density at radius 1 is 1.21 bits per heavy atom. The van der Waals surface area contributed by atoms with Crippen molar-refractivity contribution in [2.45, 2.75) is 0 Å². The number of esters is 1. The first-order chi connectivity index (χ1) is 9.08. The van der Waals surface area contributed by atoms with Crippen LogP contribution in [0.2, 0.25) is 0 Å². The molecule has 0 heterocycles. The highest BCUT2D eigenvalue weighted by Gasteiger charge is 2.12. The molecule has 1 aromatic rings. The van der Waals surface area contributed by atoms with Crippen LogP contribution in [-0.2, 0) is 14.3 Å². The SMILES string of the molecule is C=CCNC(=O)C(=O)Nc1ccc(C(=O)OC)cc1. The molecule has 0 saturated heterocycles. The van der Waals surface area contributed by atoms with Crippen LogP contribution < -0.4 is 10.6 Å². The van der Waals surface area contributed by atoms with E-state index in [9.17, 15) is 14.4 Å². The topological polar surface area (TPSA) is 84.5 Å². The molecule has 0 unspecified atom stereocenters. The van der Waals surface area contributed by atoms with Crippen molar-refractivity contribution in [1.29, 1.82) is 0 Å². The quantitative estimate of drug-likeness (QED) is 0.475. The monoisotopic (exact) mass is 262 g/mol. The lowest BCUT2D eigenvalue weighted by molar-refractivity contribution is -0.136. The molecule has 0 atom stereocenters. The normalized spacial score (nSPS) is 9.32. The summed E-state index contributed by atoms with van der Waals surface area (Å²) in [5.74, 6) is -2.01. The van der Waals surface area contributed by atoms with Crippen molar-refractivity contribution in [1.82, 2.24) is 5.32 Å². The van der Waals surface area contributed by atoms with E-state index in [-0.39, 0.29) is 6.54 Å². The molecular weight excluding hydrogens is 248 g/mol. The zero-order valence-corrected chi connectivity index (χ0v) is 10.4. The van der Waals surface area contributed by atoms with E-state index in [1.54, 1.807) is 0 Å². The van der Waals surface area contributed by atoms with Crippen molar-refractivity contribution >= 4 is 23.5 Å². The number of anilines is 1. The maximum Gasteiger partial charge on any atom is 0.337 e. The van der Waals surface area contributed by atoms with Gasteiger partial charge in [0, 0.05) is 12.2 Å². The van der Waals surface area contributed by atoms with Crippen LogP contribution in [0.3, 0.4) is 0 Å². The number of rotatable bonds is 4. The summed E-state index contributed by atoms with van der Waals surface area (Å²) < 4.78 is 4.54. The van der Waals surface area contributed by atoms with Crippen LogP contribution in [-0.4, -0.2) is 31.4 Å². The van der Waals surface area contributed by atoms with Gasteiger partial charge in [-0.05, 0) is 24.3 Å². The first-order valence-corrected chi connectivity index (χ1v) is 5.47. The molecule has 0 fully saturated rings. The van der Waals surface area contributed by atoms with E-state index in [0.29, 0.717) is 11.3 Å². The smallest absolute Gasteiger partial charge is 0.337 e. The first kappa shape index (κ1) is 14.4. The molecule has 0 aliphatic carbocycles. The molecule has 100 valence electrons. The highest BCUT2D eigenvalue weighted by molar-refractivity contribution is 6.39. The van der Waals surface area contributed by atoms with Gasteiger partial charge in [0.1, 0.15) is 0 Å². The molecule has 1 aromatic carbocycles. The van der Waals surface area contributed by atoms with Gasteiger partial charge in [-0.25, -0.2) is 4.79 Å². The second-order valence-corrected chi connectivity index (χ2v) is 3.52. The van der Waals surface area contributed by atoms with Crippen LogP contribution in [0.5, 0.6) is 0 Å². The summed E-state index contributed by atoms with van der Waals surface area (Å²) in [6, 6.07) is 5.99. The second-order valence-electron chi connectivity index (χ2n) is 3.52. The minimum Gasteiger partial charge on any atom is -0.465 e. The Morgan fingerprint density at radius 3 is 2.37 bits per heavy atom. The van der Waals surface area contributed by atoms with Gasteiger partial charge in [0.05, 0.1) is 12.7 Å². The fourth-order valence-corrected chi connectivity index (χ4v) is 1.24. The predicted octanol–water partition coefficient (Wildman–Crippen LogP) is 0.714. The van der Waals surface area contributed by atoms with Gasteiger partial charge in [-0.3, -0.25) is 9.59 Å². The van der Waals surface area contributed by atoms with Gasteiger partial charge in [0.25, 0.3) is 0 Å². The lowest BCUT2D eigenvalue weighted by atomic mass is 10.2. The summed E-state index contributed by atoms with van der Waals surface area (Å²) in [4.78, 5) is 33.9. The van der Waals surface area contributed by atoms with Gasteiger partial charge < -0.3 is 15.4 Å². The van der Waals surface area contributed by atoms with Gasteiger partial charge in [-0.15, -0.1) is 6.58 Å². The molecule has 0 bridgehead atoms. The van der Waals surface area contributed by atoms with E-state index in [0.717, 1.165) is 0 Å². The molecule has 0 saturated carbocycles. The number of benzene rings is 1. The predicted molar refractivity (Wildman–Crippen MR) is 69.6 cm³/mol. The summed E-state index contributed by atoms with van der Waals surface area (Å²) in [6.45, 7) is 3.64. The Morgan fingerprint density at radius 2 is 1.84 bits per heavy atom. The Hall–Kier alpha value is -2.63. The summed E-state index contributed by atoms with van der Waals surface area (Å²) >= 11 is 0. The van der Waals surface area contributed by atoms with Crippen LogP contribution in [0, 0.1) is 0 Å². The lowest BCUT2D eigenvalue weighted by Gasteiger charge is -2.05. The number of hydrogen-bond acceptors (Lipinski definition) is 4. The van der Waals surface area contributed by atoms with Crippen LogP contribution in [0.1, 0.15) is 10.4 Å². The average molecular weight is 262 g/mol. The fraction of sp³-hybridized carbons (Fsp3) is 0.154. The first-order valence-electron chi connectivity index (χ1n) is 5.47. The highest BCUT2D eigenvalue weighted by atomic mass is 16.5. The molecular formula is C13H14N2O4. The minimum atomic E-state index is -0.785. The Bertz CT molecular complexity index is 494. The van der Waals surface area contributed by atoms with Gasteiger partial charge in [0.15, 0.2) is 0 Å². The standard InChI is InChI=1S/C13H14N2O4/c1-3-8-14-11(16)12(17)15-10-6-4-9(5-7-10)13(18)19-2/h3-7H,1,8H2,2H3,(H,14,16)(H,15,17). The molecule has 6 nitrogen and oxygen atoms in total. The fourth-order valence-electron chi connectivity index (χ4n) is 1.24. The summed E-state index contributed by atoms with van der Waals surface area (Å²) in [7, 11) is 1.28. The third-order valence-electron chi connectivity index (χ3n) is 2.18. The van der Waals surface area contributed by atoms with E-state index >= 15 is 0 Å². The van der Waals surface area contributed by atoms with Crippen LogP contribution in [0.4, 0.5) is 5.69 Å². The van der Waals surface area contributed by atoms with Gasteiger partial charge in [-0.2, -0.15) is 0 Å². The van der Waals surface area contributed by atoms with Crippen molar-refractivity contribution in [3.63, 3.8) is 0 Å². The molecule has 0 radical (unpaired) electrons. The second kappa shape index (κ2) is 6.95. The van der Waals surface area contributed by atoms with Crippen molar-refractivity contribution in [3.8, 4) is 0 Å². The summed E-state index contributed by atoms with van der Waals surface area (Å²) in [5.41, 5.74) is 0.767. The highest BCUT2D eigenvalue weighted by Crippen LogP contribution is 2.10. The van der Waals surface area contributed by atoms with Gasteiger partial charge >= 0.3 is 17.8 Å². The molecule has 0 spiro atoms. The van der Waals surface area contributed by atoms with Crippen molar-refractivity contribution < 1.29 is 19.1 Å². The van der Waals surface area contributed by atoms with Gasteiger partial charge in [-0.1, -0.05) is 6.08 Å². The zero-order chi connectivity index (χ0) is 14.3. The Balaban J connectivity index is 2.62. The van der Waals surface area contributed by atoms with E-state index in [1.165, 1.54) is 37.5 Å². The van der Waals surface area contributed by atoms with Gasteiger partial charge in [0.2, 0.25) is 0 Å². The number of amides is 2. The number of nitrogens with one attached hydrogen (secondary N) is 2. The maximum atomic E-state index is 11.4. The van der Waals surface area contributed by atoms with Crippen molar-refractivity contribution in [3.05, 3.63) is 42.5 Å². The number of ether oxygens (including phenoxy) is 1. The van der Waals surface area contributed by atoms with Crippen molar-refractivity contribution in [2.75, 3.05) is 19.0 Å². The van der Waals surface area contributed by atoms with Crippen LogP contribution >= 0.6 is 0 Å². The largest absolute Gasteiger partial charge is 0.465 e. The molecule has 0 aromatic heterocycles. The third-order valence-corrected chi connectivity index (χ3v) is 2.18. The number of carbonyl (C=O) groups is 3. The molecule has 0 aliphatic rings. The zero-order valence-electron chi connectivity index (χ0n) is 10.4. The Kier molecular flexibility index (Phi) is 5.28. The number of hydrogen-bond donors (Lipinski definition) is 2.